The minimum Gasteiger partial charge on any atom is -0.388 e. The standard InChI is InChI=1S/C15H13F3O/c1-9-7-11(16)6-5-10(9)8-14(19)15-12(17)3-2-4-13(15)18/h2-7,14,19H,8H2,1H3. The Hall–Kier alpha value is -1.81. The quantitative estimate of drug-likeness (QED) is 0.898. The first-order valence-electron chi connectivity index (χ1n) is 5.86. The first-order chi connectivity index (χ1) is 8.99. The molecule has 0 aliphatic rings. The second-order valence-corrected chi connectivity index (χ2v) is 4.43. The first kappa shape index (κ1) is 13.6. The number of aliphatic hydroxyl groups excluding tert-OH is 1. The molecule has 1 N–H and O–H groups in total. The van der Waals surface area contributed by atoms with Gasteiger partial charge < -0.3 is 5.11 Å². The summed E-state index contributed by atoms with van der Waals surface area (Å²) in [6.45, 7) is 1.68. The SMILES string of the molecule is Cc1cc(F)ccc1CC(O)c1c(F)cccc1F. The minimum absolute atomic E-state index is 0.0317. The molecule has 0 aliphatic heterocycles. The molecule has 1 nitrogen and oxygen atoms in total. The Bertz CT molecular complexity index is 576. The Morgan fingerprint density at radius 1 is 1.05 bits per heavy atom. The molecule has 0 aromatic heterocycles. The van der Waals surface area contributed by atoms with Gasteiger partial charge in [0.2, 0.25) is 0 Å². The van der Waals surface area contributed by atoms with Crippen LogP contribution in [0.15, 0.2) is 36.4 Å². The molecule has 0 saturated heterocycles. The Labute approximate surface area is 109 Å². The van der Waals surface area contributed by atoms with Crippen LogP contribution in [-0.2, 0) is 6.42 Å². The van der Waals surface area contributed by atoms with E-state index in [2.05, 4.69) is 0 Å². The van der Waals surface area contributed by atoms with Crippen molar-refractivity contribution in [3.63, 3.8) is 0 Å². The van der Waals surface area contributed by atoms with Crippen molar-refractivity contribution in [1.29, 1.82) is 0 Å². The zero-order valence-electron chi connectivity index (χ0n) is 10.3. The van der Waals surface area contributed by atoms with E-state index in [0.717, 1.165) is 12.1 Å². The van der Waals surface area contributed by atoms with Crippen LogP contribution in [0.2, 0.25) is 0 Å². The molecule has 2 aromatic rings. The summed E-state index contributed by atoms with van der Waals surface area (Å²) in [4.78, 5) is 0. The molecule has 0 radical (unpaired) electrons. The van der Waals surface area contributed by atoms with Gasteiger partial charge in [0, 0.05) is 6.42 Å². The highest BCUT2D eigenvalue weighted by molar-refractivity contribution is 5.30. The predicted octanol–water partition coefficient (Wildman–Crippen LogP) is 3.69. The highest BCUT2D eigenvalue weighted by Crippen LogP contribution is 2.25. The molecule has 0 spiro atoms. The van der Waals surface area contributed by atoms with E-state index in [-0.39, 0.29) is 17.8 Å². The predicted molar refractivity (Wildman–Crippen MR) is 66.2 cm³/mol. The molecule has 4 heteroatoms. The van der Waals surface area contributed by atoms with E-state index in [1.54, 1.807) is 6.92 Å². The van der Waals surface area contributed by atoms with Gasteiger partial charge in [-0.15, -0.1) is 0 Å². The van der Waals surface area contributed by atoms with Crippen molar-refractivity contribution in [1.82, 2.24) is 0 Å². The molecule has 0 aliphatic carbocycles. The van der Waals surface area contributed by atoms with Gasteiger partial charge in [0.25, 0.3) is 0 Å². The molecule has 0 amide bonds. The molecular weight excluding hydrogens is 253 g/mol. The number of halogens is 3. The number of aryl methyl sites for hydroxylation is 1. The molecule has 1 atom stereocenters. The number of aliphatic hydroxyl groups is 1. The van der Waals surface area contributed by atoms with Crippen molar-refractivity contribution < 1.29 is 18.3 Å². The van der Waals surface area contributed by atoms with E-state index >= 15 is 0 Å². The molecule has 2 aromatic carbocycles. The van der Waals surface area contributed by atoms with E-state index in [1.165, 1.54) is 24.3 Å². The van der Waals surface area contributed by atoms with Crippen molar-refractivity contribution >= 4 is 0 Å². The maximum Gasteiger partial charge on any atom is 0.131 e. The zero-order valence-corrected chi connectivity index (χ0v) is 10.3. The Balaban J connectivity index is 2.28. The average Bonchev–Trinajstić information content (AvgIpc) is 2.32. The van der Waals surface area contributed by atoms with Gasteiger partial charge in [-0.1, -0.05) is 12.1 Å². The third-order valence-corrected chi connectivity index (χ3v) is 3.05. The lowest BCUT2D eigenvalue weighted by molar-refractivity contribution is 0.168. The highest BCUT2D eigenvalue weighted by Gasteiger charge is 2.18. The zero-order chi connectivity index (χ0) is 14.0. The second-order valence-electron chi connectivity index (χ2n) is 4.43. The fraction of sp³-hybridized carbons (Fsp3) is 0.200. The Morgan fingerprint density at radius 2 is 1.68 bits per heavy atom. The number of hydrogen-bond donors (Lipinski definition) is 1. The molecule has 0 bridgehead atoms. The van der Waals surface area contributed by atoms with Crippen LogP contribution in [0.3, 0.4) is 0 Å². The lowest BCUT2D eigenvalue weighted by atomic mass is 9.97. The van der Waals surface area contributed by atoms with Crippen LogP contribution in [0.1, 0.15) is 22.8 Å². The van der Waals surface area contributed by atoms with Gasteiger partial charge >= 0.3 is 0 Å². The maximum atomic E-state index is 13.5. The summed E-state index contributed by atoms with van der Waals surface area (Å²) in [6.07, 6.45) is -1.27. The largest absolute Gasteiger partial charge is 0.388 e. The Kier molecular flexibility index (Phi) is 3.90. The van der Waals surface area contributed by atoms with E-state index in [9.17, 15) is 18.3 Å². The van der Waals surface area contributed by atoms with Crippen LogP contribution in [-0.4, -0.2) is 5.11 Å². The summed E-state index contributed by atoms with van der Waals surface area (Å²) in [5, 5.41) is 9.96. The molecular formula is C15H13F3O. The van der Waals surface area contributed by atoms with Crippen LogP contribution in [0.5, 0.6) is 0 Å². The van der Waals surface area contributed by atoms with E-state index in [0.29, 0.717) is 11.1 Å². The van der Waals surface area contributed by atoms with Crippen LogP contribution < -0.4 is 0 Å². The maximum absolute atomic E-state index is 13.5. The molecule has 2 rings (SSSR count). The van der Waals surface area contributed by atoms with E-state index in [1.807, 2.05) is 0 Å². The van der Waals surface area contributed by atoms with Gasteiger partial charge in [-0.2, -0.15) is 0 Å². The summed E-state index contributed by atoms with van der Waals surface area (Å²) >= 11 is 0. The van der Waals surface area contributed by atoms with Crippen molar-refractivity contribution in [2.45, 2.75) is 19.4 Å². The van der Waals surface area contributed by atoms with Crippen LogP contribution in [0, 0.1) is 24.4 Å². The average molecular weight is 266 g/mol. The molecule has 0 saturated carbocycles. The third-order valence-electron chi connectivity index (χ3n) is 3.05. The summed E-state index contributed by atoms with van der Waals surface area (Å²) in [5.74, 6) is -1.95. The molecule has 100 valence electrons. The molecule has 0 heterocycles. The molecule has 19 heavy (non-hydrogen) atoms. The van der Waals surface area contributed by atoms with Crippen molar-refractivity contribution in [2.75, 3.05) is 0 Å². The first-order valence-corrected chi connectivity index (χ1v) is 5.86. The number of rotatable bonds is 3. The molecule has 1 unspecified atom stereocenters. The van der Waals surface area contributed by atoms with Gasteiger partial charge in [-0.25, -0.2) is 13.2 Å². The van der Waals surface area contributed by atoms with Gasteiger partial charge in [0.15, 0.2) is 0 Å². The number of hydrogen-bond acceptors (Lipinski definition) is 1. The second kappa shape index (κ2) is 5.45. The fourth-order valence-electron chi connectivity index (χ4n) is 2.03. The van der Waals surface area contributed by atoms with Gasteiger partial charge in [0.05, 0.1) is 11.7 Å². The Morgan fingerprint density at radius 3 is 2.26 bits per heavy atom. The third kappa shape index (κ3) is 2.96. The lowest BCUT2D eigenvalue weighted by Crippen LogP contribution is -2.08. The monoisotopic (exact) mass is 266 g/mol. The lowest BCUT2D eigenvalue weighted by Gasteiger charge is -2.14. The van der Waals surface area contributed by atoms with Crippen LogP contribution in [0.25, 0.3) is 0 Å². The van der Waals surface area contributed by atoms with Gasteiger partial charge in [0.1, 0.15) is 17.5 Å². The van der Waals surface area contributed by atoms with Crippen molar-refractivity contribution in [3.8, 4) is 0 Å². The molecule has 0 fully saturated rings. The van der Waals surface area contributed by atoms with E-state index < -0.39 is 17.7 Å². The summed E-state index contributed by atoms with van der Waals surface area (Å²) in [7, 11) is 0. The summed E-state index contributed by atoms with van der Waals surface area (Å²) in [6, 6.07) is 7.52. The van der Waals surface area contributed by atoms with E-state index in [4.69, 9.17) is 0 Å². The van der Waals surface area contributed by atoms with Crippen LogP contribution >= 0.6 is 0 Å². The minimum atomic E-state index is -1.30. The smallest absolute Gasteiger partial charge is 0.131 e. The number of benzene rings is 2. The summed E-state index contributed by atoms with van der Waals surface area (Å²) in [5.41, 5.74) is 0.929. The normalized spacial score (nSPS) is 12.5. The van der Waals surface area contributed by atoms with Crippen molar-refractivity contribution in [3.05, 3.63) is 70.5 Å². The van der Waals surface area contributed by atoms with Gasteiger partial charge in [-0.3, -0.25) is 0 Å². The summed E-state index contributed by atoms with van der Waals surface area (Å²) < 4.78 is 40.0. The highest BCUT2D eigenvalue weighted by atomic mass is 19.1. The van der Waals surface area contributed by atoms with Crippen LogP contribution in [0.4, 0.5) is 13.2 Å². The fourth-order valence-corrected chi connectivity index (χ4v) is 2.03. The van der Waals surface area contributed by atoms with Crippen molar-refractivity contribution in [2.24, 2.45) is 0 Å². The topological polar surface area (TPSA) is 20.2 Å². The van der Waals surface area contributed by atoms with Gasteiger partial charge in [-0.05, 0) is 42.3 Å².